The summed E-state index contributed by atoms with van der Waals surface area (Å²) in [5, 5.41) is 3.40. The fourth-order valence-electron chi connectivity index (χ4n) is 2.66. The van der Waals surface area contributed by atoms with Crippen molar-refractivity contribution in [3.8, 4) is 0 Å². The molecule has 1 amide bonds. The third kappa shape index (κ3) is 4.32. The van der Waals surface area contributed by atoms with Crippen molar-refractivity contribution in [2.75, 3.05) is 12.3 Å². The minimum absolute atomic E-state index is 0.0162. The zero-order valence-corrected chi connectivity index (χ0v) is 15.7. The van der Waals surface area contributed by atoms with Crippen LogP contribution in [-0.2, 0) is 11.3 Å². The van der Waals surface area contributed by atoms with Crippen LogP contribution < -0.4 is 10.9 Å². The monoisotopic (exact) mass is 367 g/mol. The highest BCUT2D eigenvalue weighted by molar-refractivity contribution is 7.99. The van der Waals surface area contributed by atoms with E-state index in [1.807, 2.05) is 6.07 Å². The van der Waals surface area contributed by atoms with Gasteiger partial charge in [0.05, 0.1) is 10.9 Å². The van der Waals surface area contributed by atoms with E-state index in [1.165, 1.54) is 15.0 Å². The maximum absolute atomic E-state index is 12.6. The molecule has 0 aliphatic carbocycles. The lowest BCUT2D eigenvalue weighted by atomic mass is 10.2. The van der Waals surface area contributed by atoms with Crippen LogP contribution in [0.3, 0.4) is 0 Å². The van der Waals surface area contributed by atoms with Gasteiger partial charge in [0.25, 0.3) is 5.56 Å². The lowest BCUT2D eigenvalue weighted by Gasteiger charge is -2.11. The number of carbonyl (C=O) groups excluding carboxylic acids is 1. The van der Waals surface area contributed by atoms with Gasteiger partial charge >= 0.3 is 0 Å². The predicted molar refractivity (Wildman–Crippen MR) is 106 cm³/mol. The van der Waals surface area contributed by atoms with Gasteiger partial charge in [-0.2, -0.15) is 0 Å². The molecule has 0 radical (unpaired) electrons. The molecule has 0 aliphatic heterocycles. The van der Waals surface area contributed by atoms with Gasteiger partial charge in [-0.1, -0.05) is 29.8 Å². The summed E-state index contributed by atoms with van der Waals surface area (Å²) in [7, 11) is 0. The van der Waals surface area contributed by atoms with Gasteiger partial charge in [0.2, 0.25) is 5.91 Å². The van der Waals surface area contributed by atoms with Crippen molar-refractivity contribution >= 4 is 28.6 Å². The standard InChI is InChI=1S/C20H21N3O2S/c1-14-7-9-16(10-8-14)26-12-11-21-19(24)13-23-15(2)22-18-6-4-3-5-17(18)20(23)25/h3-10H,11-13H2,1-2H3,(H,21,24). The molecule has 0 bridgehead atoms. The molecule has 134 valence electrons. The van der Waals surface area contributed by atoms with E-state index in [2.05, 4.69) is 41.5 Å². The molecule has 0 saturated heterocycles. The quantitative estimate of drug-likeness (QED) is 0.537. The molecule has 5 nitrogen and oxygen atoms in total. The molecular weight excluding hydrogens is 346 g/mol. The molecule has 1 N–H and O–H groups in total. The van der Waals surface area contributed by atoms with Crippen molar-refractivity contribution < 1.29 is 4.79 Å². The number of hydrogen-bond acceptors (Lipinski definition) is 4. The first-order chi connectivity index (χ1) is 12.5. The predicted octanol–water partition coefficient (Wildman–Crippen LogP) is 2.92. The van der Waals surface area contributed by atoms with Gasteiger partial charge in [0.1, 0.15) is 12.4 Å². The summed E-state index contributed by atoms with van der Waals surface area (Å²) in [5.41, 5.74) is 1.70. The SMILES string of the molecule is Cc1ccc(SCCNC(=O)Cn2c(C)nc3ccccc3c2=O)cc1. The number of nitrogens with zero attached hydrogens (tertiary/aromatic N) is 2. The number of carbonyl (C=O) groups is 1. The molecule has 26 heavy (non-hydrogen) atoms. The molecule has 1 heterocycles. The summed E-state index contributed by atoms with van der Waals surface area (Å²) in [5.74, 6) is 1.13. The van der Waals surface area contributed by atoms with Crippen molar-refractivity contribution in [1.82, 2.24) is 14.9 Å². The van der Waals surface area contributed by atoms with E-state index < -0.39 is 0 Å². The Hall–Kier alpha value is -2.60. The molecule has 0 unspecified atom stereocenters. The highest BCUT2D eigenvalue weighted by Gasteiger charge is 2.11. The van der Waals surface area contributed by atoms with Gasteiger partial charge in [-0.25, -0.2) is 4.98 Å². The van der Waals surface area contributed by atoms with Gasteiger partial charge in [-0.15, -0.1) is 11.8 Å². The second kappa shape index (κ2) is 8.19. The summed E-state index contributed by atoms with van der Waals surface area (Å²) in [6.07, 6.45) is 0. The van der Waals surface area contributed by atoms with Crippen molar-refractivity contribution in [3.63, 3.8) is 0 Å². The summed E-state index contributed by atoms with van der Waals surface area (Å²) in [6, 6.07) is 15.5. The number of aromatic nitrogens is 2. The molecule has 2 aromatic carbocycles. The average Bonchev–Trinajstić information content (AvgIpc) is 2.64. The van der Waals surface area contributed by atoms with E-state index in [1.54, 1.807) is 36.9 Å². The van der Waals surface area contributed by atoms with E-state index in [0.29, 0.717) is 23.3 Å². The van der Waals surface area contributed by atoms with Crippen molar-refractivity contribution in [1.29, 1.82) is 0 Å². The van der Waals surface area contributed by atoms with E-state index in [-0.39, 0.29) is 18.0 Å². The number of aryl methyl sites for hydroxylation is 2. The first-order valence-corrected chi connectivity index (χ1v) is 9.45. The highest BCUT2D eigenvalue weighted by Crippen LogP contribution is 2.17. The highest BCUT2D eigenvalue weighted by atomic mass is 32.2. The summed E-state index contributed by atoms with van der Waals surface area (Å²) >= 11 is 1.69. The Morgan fingerprint density at radius 2 is 1.85 bits per heavy atom. The van der Waals surface area contributed by atoms with Gasteiger partial charge in [0.15, 0.2) is 0 Å². The third-order valence-corrected chi connectivity index (χ3v) is 5.08. The number of fused-ring (bicyclic) bond motifs is 1. The van der Waals surface area contributed by atoms with E-state index in [4.69, 9.17) is 0 Å². The van der Waals surface area contributed by atoms with Crippen molar-refractivity contribution in [2.45, 2.75) is 25.3 Å². The first-order valence-electron chi connectivity index (χ1n) is 8.47. The largest absolute Gasteiger partial charge is 0.354 e. The normalized spacial score (nSPS) is 10.8. The zero-order valence-electron chi connectivity index (χ0n) is 14.9. The number of benzene rings is 2. The maximum atomic E-state index is 12.6. The second-order valence-electron chi connectivity index (χ2n) is 6.08. The fourth-order valence-corrected chi connectivity index (χ4v) is 3.43. The van der Waals surface area contributed by atoms with Crippen LogP contribution in [0.25, 0.3) is 10.9 Å². The van der Waals surface area contributed by atoms with Gasteiger partial charge in [0, 0.05) is 17.2 Å². The molecular formula is C20H21N3O2S. The Kier molecular flexibility index (Phi) is 5.73. The van der Waals surface area contributed by atoms with Crippen molar-refractivity contribution in [3.05, 3.63) is 70.3 Å². The van der Waals surface area contributed by atoms with E-state index >= 15 is 0 Å². The van der Waals surface area contributed by atoms with Crippen LogP contribution in [0.15, 0.2) is 58.2 Å². The Morgan fingerprint density at radius 3 is 2.62 bits per heavy atom. The lowest BCUT2D eigenvalue weighted by Crippen LogP contribution is -2.34. The Bertz CT molecular complexity index is 981. The number of rotatable bonds is 6. The van der Waals surface area contributed by atoms with Crippen LogP contribution >= 0.6 is 11.8 Å². The van der Waals surface area contributed by atoms with Crippen LogP contribution in [-0.4, -0.2) is 27.8 Å². The lowest BCUT2D eigenvalue weighted by molar-refractivity contribution is -0.121. The van der Waals surface area contributed by atoms with Gasteiger partial charge in [-0.05, 0) is 38.1 Å². The minimum atomic E-state index is -0.184. The second-order valence-corrected chi connectivity index (χ2v) is 7.25. The molecule has 0 atom stereocenters. The first kappa shape index (κ1) is 18.2. The van der Waals surface area contributed by atoms with Crippen LogP contribution in [0, 0.1) is 13.8 Å². The number of thioether (sulfide) groups is 1. The molecule has 0 aliphatic rings. The number of amides is 1. The third-order valence-electron chi connectivity index (χ3n) is 4.07. The zero-order chi connectivity index (χ0) is 18.5. The van der Waals surface area contributed by atoms with Crippen LogP contribution in [0.4, 0.5) is 0 Å². The molecule has 0 saturated carbocycles. The fraction of sp³-hybridized carbons (Fsp3) is 0.250. The Labute approximate surface area is 156 Å². The summed E-state index contributed by atoms with van der Waals surface area (Å²) in [4.78, 5) is 30.4. The van der Waals surface area contributed by atoms with Crippen LogP contribution in [0.2, 0.25) is 0 Å². The van der Waals surface area contributed by atoms with E-state index in [0.717, 1.165) is 5.75 Å². The molecule has 3 rings (SSSR count). The van der Waals surface area contributed by atoms with Crippen molar-refractivity contribution in [2.24, 2.45) is 0 Å². The molecule has 1 aromatic heterocycles. The maximum Gasteiger partial charge on any atom is 0.261 e. The van der Waals surface area contributed by atoms with Gasteiger partial charge in [-0.3, -0.25) is 14.2 Å². The van der Waals surface area contributed by atoms with Gasteiger partial charge < -0.3 is 5.32 Å². The number of nitrogens with one attached hydrogen (secondary N) is 1. The molecule has 0 spiro atoms. The minimum Gasteiger partial charge on any atom is -0.354 e. The van der Waals surface area contributed by atoms with Crippen LogP contribution in [0.1, 0.15) is 11.4 Å². The Balaban J connectivity index is 1.57. The summed E-state index contributed by atoms with van der Waals surface area (Å²) < 4.78 is 1.42. The molecule has 0 fully saturated rings. The molecule has 3 aromatic rings. The Morgan fingerprint density at radius 1 is 1.12 bits per heavy atom. The molecule has 6 heteroatoms. The smallest absolute Gasteiger partial charge is 0.261 e. The topological polar surface area (TPSA) is 64.0 Å². The number of hydrogen-bond donors (Lipinski definition) is 1. The van der Waals surface area contributed by atoms with E-state index in [9.17, 15) is 9.59 Å². The van der Waals surface area contributed by atoms with Crippen LogP contribution in [0.5, 0.6) is 0 Å². The average molecular weight is 367 g/mol. The summed E-state index contributed by atoms with van der Waals surface area (Å²) in [6.45, 7) is 4.33. The number of para-hydroxylation sites is 1.